The lowest BCUT2D eigenvalue weighted by atomic mass is 10.1. The van der Waals surface area contributed by atoms with Gasteiger partial charge in [0.25, 0.3) is 5.91 Å². The van der Waals surface area contributed by atoms with Crippen molar-refractivity contribution in [2.24, 2.45) is 0 Å². The van der Waals surface area contributed by atoms with Crippen LogP contribution >= 0.6 is 15.9 Å². The van der Waals surface area contributed by atoms with Crippen LogP contribution in [0.4, 0.5) is 0 Å². The van der Waals surface area contributed by atoms with Crippen molar-refractivity contribution in [3.8, 4) is 0 Å². The van der Waals surface area contributed by atoms with Gasteiger partial charge in [-0.2, -0.15) is 0 Å². The number of nitrogens with zero attached hydrogens (tertiary/aromatic N) is 1. The number of rotatable bonds is 3. The lowest BCUT2D eigenvalue weighted by Crippen LogP contribution is -2.41. The maximum Gasteiger partial charge on any atom is 0.268 e. The number of nitrogens with one attached hydrogen (secondary N) is 2. The predicted molar refractivity (Wildman–Crippen MR) is 80.5 cm³/mol. The number of hydrogen-bond acceptors (Lipinski definition) is 2. The highest BCUT2D eigenvalue weighted by Gasteiger charge is 2.19. The van der Waals surface area contributed by atoms with Crippen molar-refractivity contribution in [3.05, 3.63) is 22.4 Å². The van der Waals surface area contributed by atoms with Gasteiger partial charge in [-0.1, -0.05) is 6.42 Å². The van der Waals surface area contributed by atoms with Crippen molar-refractivity contribution in [3.63, 3.8) is 0 Å². The summed E-state index contributed by atoms with van der Waals surface area (Å²) < 4.78 is 2.95. The van der Waals surface area contributed by atoms with Crippen molar-refractivity contribution in [1.82, 2.24) is 15.2 Å². The van der Waals surface area contributed by atoms with E-state index < -0.39 is 0 Å². The summed E-state index contributed by atoms with van der Waals surface area (Å²) in [5, 5.41) is 6.51. The van der Waals surface area contributed by atoms with Crippen LogP contribution in [0.2, 0.25) is 0 Å². The van der Waals surface area contributed by atoms with Gasteiger partial charge in [-0.05, 0) is 55.2 Å². The molecule has 1 aliphatic heterocycles. The van der Waals surface area contributed by atoms with Gasteiger partial charge in [0.2, 0.25) is 0 Å². The number of amides is 1. The summed E-state index contributed by atoms with van der Waals surface area (Å²) in [7, 11) is 0. The summed E-state index contributed by atoms with van der Waals surface area (Å²) in [6, 6.07) is 2.41. The highest BCUT2D eigenvalue weighted by atomic mass is 79.9. The van der Waals surface area contributed by atoms with Gasteiger partial charge in [-0.15, -0.1) is 0 Å². The fourth-order valence-electron chi connectivity index (χ4n) is 2.46. The van der Waals surface area contributed by atoms with E-state index in [-0.39, 0.29) is 18.0 Å². The average Bonchev–Trinajstić information content (AvgIpc) is 2.58. The van der Waals surface area contributed by atoms with Crippen LogP contribution in [-0.4, -0.2) is 29.6 Å². The Balaban J connectivity index is 2.06. The van der Waals surface area contributed by atoms with E-state index >= 15 is 0 Å². The first kappa shape index (κ1) is 14.6. The van der Waals surface area contributed by atoms with Gasteiger partial charge in [0.1, 0.15) is 5.69 Å². The summed E-state index contributed by atoms with van der Waals surface area (Å²) in [6.07, 6.45) is 5.39. The first-order valence-electron chi connectivity index (χ1n) is 6.97. The molecule has 1 aromatic rings. The molecule has 1 saturated heterocycles. The molecule has 4 nitrogen and oxygen atoms in total. The molecule has 0 radical (unpaired) electrons. The minimum absolute atomic E-state index is 0.0214. The number of aromatic nitrogens is 1. The largest absolute Gasteiger partial charge is 0.347 e. The molecule has 0 saturated carbocycles. The standard InChI is InChI=1S/C14H22BrN3O/c1-10(2)18-9-11(15)7-13(18)14(19)17-12-5-3-4-6-16-8-12/h7,9-10,12,16H,3-6,8H2,1-2H3,(H,17,19). The third kappa shape index (κ3) is 3.83. The van der Waals surface area contributed by atoms with E-state index in [1.165, 1.54) is 12.8 Å². The molecule has 1 aromatic heterocycles. The molecule has 1 unspecified atom stereocenters. The molecule has 1 amide bonds. The molecule has 2 N–H and O–H groups in total. The lowest BCUT2D eigenvalue weighted by molar-refractivity contribution is 0.0924. The summed E-state index contributed by atoms with van der Waals surface area (Å²) in [4.78, 5) is 12.4. The minimum Gasteiger partial charge on any atom is -0.347 e. The highest BCUT2D eigenvalue weighted by molar-refractivity contribution is 9.10. The van der Waals surface area contributed by atoms with E-state index in [0.717, 1.165) is 29.7 Å². The molecular formula is C14H22BrN3O. The monoisotopic (exact) mass is 327 g/mol. The Kier molecular flexibility index (Phi) is 5.05. The Morgan fingerprint density at radius 3 is 3.05 bits per heavy atom. The van der Waals surface area contributed by atoms with Gasteiger partial charge in [-0.3, -0.25) is 4.79 Å². The molecule has 0 aromatic carbocycles. The van der Waals surface area contributed by atoms with Crippen LogP contribution in [0.3, 0.4) is 0 Å². The van der Waals surface area contributed by atoms with Crippen molar-refractivity contribution in [1.29, 1.82) is 0 Å². The Labute approximate surface area is 123 Å². The van der Waals surface area contributed by atoms with Crippen LogP contribution in [0, 0.1) is 0 Å². The molecule has 5 heteroatoms. The van der Waals surface area contributed by atoms with E-state index in [2.05, 4.69) is 40.4 Å². The van der Waals surface area contributed by atoms with Gasteiger partial charge in [0.05, 0.1) is 0 Å². The third-order valence-corrected chi connectivity index (χ3v) is 3.92. The van der Waals surface area contributed by atoms with Gasteiger partial charge >= 0.3 is 0 Å². The molecule has 0 aliphatic carbocycles. The van der Waals surface area contributed by atoms with Gasteiger partial charge in [-0.25, -0.2) is 0 Å². The van der Waals surface area contributed by atoms with Crippen LogP contribution in [-0.2, 0) is 0 Å². The SMILES string of the molecule is CC(C)n1cc(Br)cc1C(=O)NC1CCCCNC1. The van der Waals surface area contributed by atoms with Crippen LogP contribution in [0.5, 0.6) is 0 Å². The molecule has 1 fully saturated rings. The number of halogens is 1. The lowest BCUT2D eigenvalue weighted by Gasteiger charge is -2.18. The fraction of sp³-hybridized carbons (Fsp3) is 0.643. The van der Waals surface area contributed by atoms with Crippen LogP contribution in [0.15, 0.2) is 16.7 Å². The van der Waals surface area contributed by atoms with E-state index in [1.54, 1.807) is 0 Å². The zero-order valence-corrected chi connectivity index (χ0v) is 13.2. The van der Waals surface area contributed by atoms with Crippen molar-refractivity contribution >= 4 is 21.8 Å². The second kappa shape index (κ2) is 6.57. The average molecular weight is 328 g/mol. The number of carbonyl (C=O) groups is 1. The smallest absolute Gasteiger partial charge is 0.268 e. The molecule has 2 rings (SSSR count). The number of hydrogen-bond donors (Lipinski definition) is 2. The maximum atomic E-state index is 12.4. The summed E-state index contributed by atoms with van der Waals surface area (Å²) >= 11 is 3.44. The molecule has 106 valence electrons. The molecule has 1 atom stereocenters. The van der Waals surface area contributed by atoms with Crippen LogP contribution in [0.25, 0.3) is 0 Å². The van der Waals surface area contributed by atoms with Crippen molar-refractivity contribution in [2.45, 2.75) is 45.2 Å². The van der Waals surface area contributed by atoms with E-state index in [0.29, 0.717) is 0 Å². The third-order valence-electron chi connectivity index (χ3n) is 3.49. The summed E-state index contributed by atoms with van der Waals surface area (Å²) in [5.74, 6) is 0.0214. The Morgan fingerprint density at radius 2 is 2.32 bits per heavy atom. The zero-order valence-electron chi connectivity index (χ0n) is 11.6. The quantitative estimate of drug-likeness (QED) is 0.896. The topological polar surface area (TPSA) is 46.1 Å². The molecule has 0 spiro atoms. The highest BCUT2D eigenvalue weighted by Crippen LogP contribution is 2.19. The first-order valence-corrected chi connectivity index (χ1v) is 7.76. The summed E-state index contributed by atoms with van der Waals surface area (Å²) in [5.41, 5.74) is 0.728. The molecule has 1 aliphatic rings. The second-order valence-corrected chi connectivity index (χ2v) is 6.33. The number of carbonyl (C=O) groups excluding carboxylic acids is 1. The van der Waals surface area contributed by atoms with Crippen molar-refractivity contribution in [2.75, 3.05) is 13.1 Å². The zero-order chi connectivity index (χ0) is 13.8. The van der Waals surface area contributed by atoms with Crippen LogP contribution < -0.4 is 10.6 Å². The van der Waals surface area contributed by atoms with E-state index in [1.807, 2.05) is 16.8 Å². The van der Waals surface area contributed by atoms with Gasteiger partial charge < -0.3 is 15.2 Å². The first-order chi connectivity index (χ1) is 9.08. The van der Waals surface area contributed by atoms with Gasteiger partial charge in [0, 0.05) is 29.3 Å². The second-order valence-electron chi connectivity index (χ2n) is 5.41. The normalized spacial score (nSPS) is 20.3. The Bertz CT molecular complexity index is 434. The van der Waals surface area contributed by atoms with E-state index in [4.69, 9.17) is 0 Å². The minimum atomic E-state index is 0.0214. The molecular weight excluding hydrogens is 306 g/mol. The Morgan fingerprint density at radius 1 is 1.53 bits per heavy atom. The predicted octanol–water partition coefficient (Wildman–Crippen LogP) is 2.70. The van der Waals surface area contributed by atoms with Gasteiger partial charge in [0.15, 0.2) is 0 Å². The molecule has 2 heterocycles. The van der Waals surface area contributed by atoms with Crippen LogP contribution in [0.1, 0.15) is 49.6 Å². The maximum absolute atomic E-state index is 12.4. The van der Waals surface area contributed by atoms with Crippen molar-refractivity contribution < 1.29 is 4.79 Å². The van der Waals surface area contributed by atoms with E-state index in [9.17, 15) is 4.79 Å². The molecule has 0 bridgehead atoms. The Hall–Kier alpha value is -0.810. The summed E-state index contributed by atoms with van der Waals surface area (Å²) in [6.45, 7) is 6.09. The fourth-order valence-corrected chi connectivity index (χ4v) is 2.89. The molecule has 19 heavy (non-hydrogen) atoms.